The number of nitrogens with zero attached hydrogens (tertiary/aromatic N) is 1. The Hall–Kier alpha value is -2.47. The molecule has 20 heavy (non-hydrogen) atoms. The van der Waals surface area contributed by atoms with Crippen molar-refractivity contribution >= 4 is 33.2 Å². The van der Waals surface area contributed by atoms with Crippen molar-refractivity contribution in [2.75, 3.05) is 12.4 Å². The number of rotatable bonds is 3. The molecule has 5 nitrogen and oxygen atoms in total. The zero-order chi connectivity index (χ0) is 14.1. The zero-order valence-electron chi connectivity index (χ0n) is 10.5. The second-order valence-corrected chi connectivity index (χ2v) is 5.12. The molecule has 0 saturated heterocycles. The number of ketones is 1. The lowest BCUT2D eigenvalue weighted by Crippen LogP contribution is -2.13. The fourth-order valence-corrected chi connectivity index (χ4v) is 2.57. The summed E-state index contributed by atoms with van der Waals surface area (Å²) >= 11 is 1.20. The molecule has 0 aliphatic heterocycles. The highest BCUT2D eigenvalue weighted by atomic mass is 32.1. The maximum Gasteiger partial charge on any atom is 0.347 e. The first kappa shape index (κ1) is 12.6. The van der Waals surface area contributed by atoms with Gasteiger partial charge < -0.3 is 9.73 Å². The highest BCUT2D eigenvalue weighted by molar-refractivity contribution is 7.17. The lowest BCUT2D eigenvalue weighted by Gasteiger charge is -1.99. The van der Waals surface area contributed by atoms with Crippen molar-refractivity contribution in [1.29, 1.82) is 0 Å². The first-order valence-corrected chi connectivity index (χ1v) is 6.72. The predicted octanol–water partition coefficient (Wildman–Crippen LogP) is 2.52. The van der Waals surface area contributed by atoms with Gasteiger partial charge in [-0.25, -0.2) is 9.78 Å². The molecule has 1 aromatic carbocycles. The number of hydrogen-bond acceptors (Lipinski definition) is 6. The quantitative estimate of drug-likeness (QED) is 0.591. The van der Waals surface area contributed by atoms with E-state index in [-0.39, 0.29) is 11.3 Å². The number of nitrogens with one attached hydrogen (secondary N) is 1. The maximum atomic E-state index is 12.3. The molecule has 0 unspecified atom stereocenters. The van der Waals surface area contributed by atoms with Gasteiger partial charge in [-0.15, -0.1) is 0 Å². The summed E-state index contributed by atoms with van der Waals surface area (Å²) in [7, 11) is 1.72. The number of thiazole rings is 1. The van der Waals surface area contributed by atoms with Crippen LogP contribution in [0.1, 0.15) is 15.2 Å². The Balaban J connectivity index is 2.11. The van der Waals surface area contributed by atoms with Crippen LogP contribution in [0.4, 0.5) is 5.13 Å². The van der Waals surface area contributed by atoms with E-state index in [1.165, 1.54) is 17.5 Å². The van der Waals surface area contributed by atoms with E-state index in [9.17, 15) is 9.59 Å². The summed E-state index contributed by atoms with van der Waals surface area (Å²) in [5.41, 5.74) is -0.141. The number of para-hydroxylation sites is 1. The molecule has 2 heterocycles. The summed E-state index contributed by atoms with van der Waals surface area (Å²) in [5.74, 6) is -0.372. The minimum Gasteiger partial charge on any atom is -0.422 e. The van der Waals surface area contributed by atoms with Crippen LogP contribution in [0.2, 0.25) is 0 Å². The fraction of sp³-hybridized carbons (Fsp3) is 0.0714. The molecule has 6 heteroatoms. The van der Waals surface area contributed by atoms with Gasteiger partial charge >= 0.3 is 5.63 Å². The third-order valence-electron chi connectivity index (χ3n) is 2.83. The summed E-state index contributed by atoms with van der Waals surface area (Å²) in [6.07, 6.45) is 1.45. The van der Waals surface area contributed by atoms with Gasteiger partial charge in [-0.2, -0.15) is 0 Å². The molecular formula is C14H10N2O3S. The number of benzene rings is 1. The van der Waals surface area contributed by atoms with Crippen LogP contribution >= 0.6 is 11.3 Å². The number of hydrogen-bond donors (Lipinski definition) is 1. The monoisotopic (exact) mass is 286 g/mol. The third-order valence-corrected chi connectivity index (χ3v) is 3.84. The van der Waals surface area contributed by atoms with Crippen molar-refractivity contribution < 1.29 is 9.21 Å². The molecule has 0 fully saturated rings. The van der Waals surface area contributed by atoms with Crippen molar-refractivity contribution in [1.82, 2.24) is 4.98 Å². The van der Waals surface area contributed by atoms with Crippen molar-refractivity contribution in [3.8, 4) is 0 Å². The van der Waals surface area contributed by atoms with Gasteiger partial charge in [-0.1, -0.05) is 29.5 Å². The second-order valence-electron chi connectivity index (χ2n) is 4.09. The minimum atomic E-state index is -0.631. The van der Waals surface area contributed by atoms with Crippen LogP contribution in [0.25, 0.3) is 11.0 Å². The minimum absolute atomic E-state index is 0.0232. The van der Waals surface area contributed by atoms with Gasteiger partial charge in [0.25, 0.3) is 0 Å². The highest BCUT2D eigenvalue weighted by Crippen LogP contribution is 2.21. The van der Waals surface area contributed by atoms with E-state index in [1.807, 2.05) is 6.07 Å². The molecule has 3 aromatic rings. The third kappa shape index (κ3) is 2.10. The van der Waals surface area contributed by atoms with Crippen LogP contribution in [0.3, 0.4) is 0 Å². The number of fused-ring (bicyclic) bond motifs is 1. The van der Waals surface area contributed by atoms with Crippen molar-refractivity contribution in [3.05, 3.63) is 57.4 Å². The summed E-state index contributed by atoms with van der Waals surface area (Å²) in [6.45, 7) is 0. The van der Waals surface area contributed by atoms with E-state index in [0.29, 0.717) is 21.0 Å². The van der Waals surface area contributed by atoms with E-state index in [0.717, 1.165) is 0 Å². The Morgan fingerprint density at radius 3 is 2.90 bits per heavy atom. The largest absolute Gasteiger partial charge is 0.422 e. The Labute approximate surface area is 117 Å². The lowest BCUT2D eigenvalue weighted by molar-refractivity contribution is 0.103. The summed E-state index contributed by atoms with van der Waals surface area (Å²) in [5, 5.41) is 4.19. The first-order chi connectivity index (χ1) is 9.69. The van der Waals surface area contributed by atoms with Crippen molar-refractivity contribution in [2.45, 2.75) is 0 Å². The molecule has 0 aliphatic carbocycles. The van der Waals surface area contributed by atoms with E-state index < -0.39 is 5.63 Å². The van der Waals surface area contributed by atoms with E-state index >= 15 is 0 Å². The van der Waals surface area contributed by atoms with E-state index in [1.54, 1.807) is 31.3 Å². The molecule has 0 saturated carbocycles. The molecule has 0 radical (unpaired) electrons. The molecule has 1 N–H and O–H groups in total. The van der Waals surface area contributed by atoms with E-state index in [4.69, 9.17) is 4.42 Å². The summed E-state index contributed by atoms with van der Waals surface area (Å²) in [4.78, 5) is 28.7. The second kappa shape index (κ2) is 4.90. The van der Waals surface area contributed by atoms with Gasteiger partial charge in [0, 0.05) is 12.4 Å². The summed E-state index contributed by atoms with van der Waals surface area (Å²) in [6, 6.07) is 8.64. The first-order valence-electron chi connectivity index (χ1n) is 5.90. The molecule has 2 aromatic heterocycles. The van der Waals surface area contributed by atoms with Crippen molar-refractivity contribution in [3.63, 3.8) is 0 Å². The van der Waals surface area contributed by atoms with Gasteiger partial charge in [-0.3, -0.25) is 4.79 Å². The van der Waals surface area contributed by atoms with Gasteiger partial charge in [0.15, 0.2) is 5.13 Å². The van der Waals surface area contributed by atoms with Crippen LogP contribution in [0.15, 0.2) is 45.7 Å². The number of carbonyl (C=O) groups excluding carboxylic acids is 1. The van der Waals surface area contributed by atoms with E-state index in [2.05, 4.69) is 10.3 Å². The molecule has 0 aliphatic rings. The van der Waals surface area contributed by atoms with Gasteiger partial charge in [-0.05, 0) is 12.1 Å². The lowest BCUT2D eigenvalue weighted by atomic mass is 10.1. The SMILES string of the molecule is CNc1ncc(C(=O)c2cc3ccccc3oc2=O)s1. The van der Waals surface area contributed by atoms with Crippen LogP contribution in [0.5, 0.6) is 0 Å². The van der Waals surface area contributed by atoms with Crippen LogP contribution in [-0.4, -0.2) is 17.8 Å². The summed E-state index contributed by atoms with van der Waals surface area (Å²) < 4.78 is 5.16. The molecule has 0 spiro atoms. The normalized spacial score (nSPS) is 10.7. The Morgan fingerprint density at radius 1 is 1.35 bits per heavy atom. The number of carbonyl (C=O) groups is 1. The highest BCUT2D eigenvalue weighted by Gasteiger charge is 2.18. The average molecular weight is 286 g/mol. The molecule has 100 valence electrons. The Bertz CT molecular complexity index is 851. The van der Waals surface area contributed by atoms with Gasteiger partial charge in [0.05, 0.1) is 11.1 Å². The smallest absolute Gasteiger partial charge is 0.347 e. The average Bonchev–Trinajstić information content (AvgIpc) is 2.94. The zero-order valence-corrected chi connectivity index (χ0v) is 11.4. The van der Waals surface area contributed by atoms with Crippen LogP contribution in [0, 0.1) is 0 Å². The van der Waals surface area contributed by atoms with Gasteiger partial charge in [0.1, 0.15) is 11.1 Å². The molecule has 3 rings (SSSR count). The number of aromatic nitrogens is 1. The Morgan fingerprint density at radius 2 is 2.15 bits per heavy atom. The molecule has 0 amide bonds. The molecule has 0 atom stereocenters. The predicted molar refractivity (Wildman–Crippen MR) is 77.6 cm³/mol. The molecular weight excluding hydrogens is 276 g/mol. The van der Waals surface area contributed by atoms with Gasteiger partial charge in [0.2, 0.25) is 5.78 Å². The fourth-order valence-electron chi connectivity index (χ4n) is 1.85. The van der Waals surface area contributed by atoms with Crippen molar-refractivity contribution in [2.24, 2.45) is 0 Å². The van der Waals surface area contributed by atoms with Crippen LogP contribution in [-0.2, 0) is 0 Å². The maximum absolute atomic E-state index is 12.3. The number of anilines is 1. The topological polar surface area (TPSA) is 72.2 Å². The standard InChI is InChI=1S/C14H10N2O3S/c1-15-14-16-7-11(20-14)12(17)9-6-8-4-2-3-5-10(8)19-13(9)18/h2-7H,1H3,(H,15,16). The Kier molecular flexibility index (Phi) is 3.08. The van der Waals surface area contributed by atoms with Crippen LogP contribution < -0.4 is 10.9 Å². The molecule has 0 bridgehead atoms.